The van der Waals surface area contributed by atoms with Gasteiger partial charge in [0.2, 0.25) is 0 Å². The lowest BCUT2D eigenvalue weighted by molar-refractivity contribution is -0.141. The lowest BCUT2D eigenvalue weighted by atomic mass is 9.96. The minimum absolute atomic E-state index is 0.0711. The van der Waals surface area contributed by atoms with Crippen molar-refractivity contribution >= 4 is 5.97 Å². The minimum Gasteiger partial charge on any atom is -0.465 e. The molecule has 0 aliphatic heterocycles. The quantitative estimate of drug-likeness (QED) is 0.552. The molecule has 0 saturated heterocycles. The Morgan fingerprint density at radius 3 is 1.92 bits per heavy atom. The third-order valence-corrected chi connectivity index (χ3v) is 3.27. The van der Waals surface area contributed by atoms with Crippen LogP contribution in [0.15, 0.2) is 42.5 Å². The second kappa shape index (κ2) is 6.18. The third-order valence-electron chi connectivity index (χ3n) is 3.27. The standard InChI is InChI=1S/C16H10F6O2/c1-24-14(23)10-4-2-9(3-5-10)12-8-11(15(17,18)19)6-7-13(12)16(20,21)22/h2-8H,1H3. The van der Waals surface area contributed by atoms with Crippen molar-refractivity contribution in [3.63, 3.8) is 0 Å². The van der Waals surface area contributed by atoms with Crippen LogP contribution in [0.25, 0.3) is 11.1 Å². The van der Waals surface area contributed by atoms with E-state index in [1.807, 2.05) is 0 Å². The average molecular weight is 348 g/mol. The van der Waals surface area contributed by atoms with Gasteiger partial charge in [-0.2, -0.15) is 26.3 Å². The number of carbonyl (C=O) groups is 1. The lowest BCUT2D eigenvalue weighted by Gasteiger charge is -2.16. The summed E-state index contributed by atoms with van der Waals surface area (Å²) in [6.45, 7) is 0. The molecule has 0 fully saturated rings. The average Bonchev–Trinajstić information content (AvgIpc) is 2.52. The summed E-state index contributed by atoms with van der Waals surface area (Å²) in [5, 5.41) is 0. The van der Waals surface area contributed by atoms with Crippen molar-refractivity contribution in [1.29, 1.82) is 0 Å². The molecular formula is C16H10F6O2. The first kappa shape index (κ1) is 17.8. The Labute approximate surface area is 132 Å². The summed E-state index contributed by atoms with van der Waals surface area (Å²) in [5.41, 5.74) is -3.03. The molecule has 0 saturated carbocycles. The van der Waals surface area contributed by atoms with E-state index in [0.717, 1.165) is 19.2 Å². The van der Waals surface area contributed by atoms with Crippen LogP contribution in [-0.4, -0.2) is 13.1 Å². The molecule has 0 amide bonds. The molecule has 0 heterocycles. The zero-order valence-corrected chi connectivity index (χ0v) is 12.1. The maximum absolute atomic E-state index is 13.1. The predicted octanol–water partition coefficient (Wildman–Crippen LogP) is 5.18. The van der Waals surface area contributed by atoms with Crippen LogP contribution in [-0.2, 0) is 17.1 Å². The van der Waals surface area contributed by atoms with Gasteiger partial charge < -0.3 is 4.74 Å². The summed E-state index contributed by atoms with van der Waals surface area (Å²) >= 11 is 0. The van der Waals surface area contributed by atoms with Gasteiger partial charge in [0.25, 0.3) is 0 Å². The number of ether oxygens (including phenoxy) is 1. The SMILES string of the molecule is COC(=O)c1ccc(-c2cc(C(F)(F)F)ccc2C(F)(F)F)cc1. The van der Waals surface area contributed by atoms with Crippen molar-refractivity contribution in [2.24, 2.45) is 0 Å². The van der Waals surface area contributed by atoms with Crippen LogP contribution in [0, 0.1) is 0 Å². The molecule has 0 spiro atoms. The third kappa shape index (κ3) is 3.69. The van der Waals surface area contributed by atoms with E-state index >= 15 is 0 Å². The molecule has 2 aromatic rings. The predicted molar refractivity (Wildman–Crippen MR) is 73.2 cm³/mol. The Balaban J connectivity index is 2.60. The number of halogens is 6. The molecule has 8 heteroatoms. The normalized spacial score (nSPS) is 12.1. The number of hydrogen-bond acceptors (Lipinski definition) is 2. The van der Waals surface area contributed by atoms with Crippen LogP contribution in [0.5, 0.6) is 0 Å². The Morgan fingerprint density at radius 2 is 1.46 bits per heavy atom. The van der Waals surface area contributed by atoms with E-state index in [1.165, 1.54) is 12.1 Å². The number of hydrogen-bond donors (Lipinski definition) is 0. The Bertz CT molecular complexity index is 745. The molecule has 0 radical (unpaired) electrons. The van der Waals surface area contributed by atoms with E-state index in [4.69, 9.17) is 0 Å². The summed E-state index contributed by atoms with van der Waals surface area (Å²) in [4.78, 5) is 11.3. The molecular weight excluding hydrogens is 338 g/mol. The molecule has 2 nitrogen and oxygen atoms in total. The van der Waals surface area contributed by atoms with Crippen molar-refractivity contribution in [3.8, 4) is 11.1 Å². The number of methoxy groups -OCH3 is 1. The lowest BCUT2D eigenvalue weighted by Crippen LogP contribution is -2.11. The van der Waals surface area contributed by atoms with Crippen LogP contribution in [0.1, 0.15) is 21.5 Å². The maximum Gasteiger partial charge on any atom is 0.417 e. The molecule has 0 N–H and O–H groups in total. The highest BCUT2D eigenvalue weighted by atomic mass is 19.4. The fourth-order valence-electron chi connectivity index (χ4n) is 2.11. The summed E-state index contributed by atoms with van der Waals surface area (Å²) in [7, 11) is 1.13. The zero-order valence-electron chi connectivity index (χ0n) is 12.1. The number of rotatable bonds is 2. The van der Waals surface area contributed by atoms with Gasteiger partial charge in [-0.3, -0.25) is 0 Å². The Morgan fingerprint density at radius 1 is 0.875 bits per heavy atom. The van der Waals surface area contributed by atoms with E-state index in [-0.39, 0.29) is 11.1 Å². The van der Waals surface area contributed by atoms with Crippen molar-refractivity contribution in [2.45, 2.75) is 12.4 Å². The van der Waals surface area contributed by atoms with Gasteiger partial charge in [0, 0.05) is 0 Å². The monoisotopic (exact) mass is 348 g/mol. The van der Waals surface area contributed by atoms with Gasteiger partial charge in [0.05, 0.1) is 23.8 Å². The Hall–Kier alpha value is -2.51. The number of alkyl halides is 6. The Kier molecular flexibility index (Phi) is 4.59. The summed E-state index contributed by atoms with van der Waals surface area (Å²) in [6, 6.07) is 5.86. The van der Waals surface area contributed by atoms with Gasteiger partial charge in [0.1, 0.15) is 0 Å². The summed E-state index contributed by atoms with van der Waals surface area (Å²) in [5.74, 6) is -0.707. The van der Waals surface area contributed by atoms with Crippen LogP contribution in [0.4, 0.5) is 26.3 Å². The van der Waals surface area contributed by atoms with E-state index in [0.29, 0.717) is 18.2 Å². The molecule has 0 unspecified atom stereocenters. The van der Waals surface area contributed by atoms with Crippen molar-refractivity contribution < 1.29 is 35.9 Å². The molecule has 2 rings (SSSR count). The zero-order chi connectivity index (χ0) is 18.1. The van der Waals surface area contributed by atoms with Gasteiger partial charge in [-0.15, -0.1) is 0 Å². The van der Waals surface area contributed by atoms with Crippen molar-refractivity contribution in [2.75, 3.05) is 7.11 Å². The molecule has 0 bridgehead atoms. The second-order valence-electron chi connectivity index (χ2n) is 4.82. The van der Waals surface area contributed by atoms with Crippen LogP contribution >= 0.6 is 0 Å². The highest BCUT2D eigenvalue weighted by molar-refractivity contribution is 5.90. The van der Waals surface area contributed by atoms with E-state index < -0.39 is 35.0 Å². The van der Waals surface area contributed by atoms with Crippen molar-refractivity contribution in [3.05, 3.63) is 59.2 Å². The first-order chi connectivity index (χ1) is 11.0. The van der Waals surface area contributed by atoms with Crippen LogP contribution < -0.4 is 0 Å². The first-order valence-corrected chi connectivity index (χ1v) is 6.51. The largest absolute Gasteiger partial charge is 0.465 e. The smallest absolute Gasteiger partial charge is 0.417 e. The molecule has 24 heavy (non-hydrogen) atoms. The highest BCUT2D eigenvalue weighted by Crippen LogP contribution is 2.40. The first-order valence-electron chi connectivity index (χ1n) is 6.51. The van der Waals surface area contributed by atoms with Gasteiger partial charge in [0.15, 0.2) is 0 Å². The van der Waals surface area contributed by atoms with Gasteiger partial charge in [-0.05, 0) is 41.5 Å². The van der Waals surface area contributed by atoms with Crippen LogP contribution in [0.3, 0.4) is 0 Å². The van der Waals surface area contributed by atoms with Gasteiger partial charge >= 0.3 is 18.3 Å². The fraction of sp³-hybridized carbons (Fsp3) is 0.188. The highest BCUT2D eigenvalue weighted by Gasteiger charge is 2.37. The van der Waals surface area contributed by atoms with E-state index in [1.54, 1.807) is 0 Å². The maximum atomic E-state index is 13.1. The number of benzene rings is 2. The molecule has 0 atom stereocenters. The molecule has 0 aliphatic carbocycles. The number of esters is 1. The van der Waals surface area contributed by atoms with E-state index in [2.05, 4.69) is 4.74 Å². The number of carbonyl (C=O) groups excluding carboxylic acids is 1. The van der Waals surface area contributed by atoms with Gasteiger partial charge in [-0.1, -0.05) is 12.1 Å². The second-order valence-corrected chi connectivity index (χ2v) is 4.82. The molecule has 0 aromatic heterocycles. The molecule has 0 aliphatic rings. The van der Waals surface area contributed by atoms with E-state index in [9.17, 15) is 31.1 Å². The minimum atomic E-state index is -4.82. The fourth-order valence-corrected chi connectivity index (χ4v) is 2.11. The topological polar surface area (TPSA) is 26.3 Å². The van der Waals surface area contributed by atoms with Gasteiger partial charge in [-0.25, -0.2) is 4.79 Å². The summed E-state index contributed by atoms with van der Waals surface area (Å²) < 4.78 is 82.0. The summed E-state index contributed by atoms with van der Waals surface area (Å²) in [6.07, 6.45) is -9.59. The molecule has 128 valence electrons. The molecule has 2 aromatic carbocycles. The van der Waals surface area contributed by atoms with Crippen LogP contribution in [0.2, 0.25) is 0 Å². The van der Waals surface area contributed by atoms with Crippen molar-refractivity contribution in [1.82, 2.24) is 0 Å².